The van der Waals surface area contributed by atoms with Gasteiger partial charge in [0.25, 0.3) is 11.5 Å². The molecule has 5 rings (SSSR count). The number of carbonyl (C=O) groups is 1. The number of amides is 1. The molecule has 1 atom stereocenters. The number of nitriles is 1. The van der Waals surface area contributed by atoms with Crippen LogP contribution in [0.2, 0.25) is 0 Å². The summed E-state index contributed by atoms with van der Waals surface area (Å²) < 4.78 is 40.5. The van der Waals surface area contributed by atoms with Gasteiger partial charge in [0.2, 0.25) is 0 Å². The van der Waals surface area contributed by atoms with Gasteiger partial charge in [-0.3, -0.25) is 19.1 Å². The van der Waals surface area contributed by atoms with Crippen LogP contribution in [0.1, 0.15) is 36.5 Å². The van der Waals surface area contributed by atoms with Crippen LogP contribution in [0.15, 0.2) is 34.0 Å². The molecular formula is C28H30FN5O4S3. The first-order chi connectivity index (χ1) is 19.6. The van der Waals surface area contributed by atoms with Crippen molar-refractivity contribution in [2.75, 3.05) is 47.5 Å². The minimum absolute atomic E-state index is 0.0100. The number of carbonyl (C=O) groups excluding carboxylic acids is 1. The van der Waals surface area contributed by atoms with Gasteiger partial charge in [-0.2, -0.15) is 5.26 Å². The van der Waals surface area contributed by atoms with Crippen LogP contribution in [0.3, 0.4) is 0 Å². The van der Waals surface area contributed by atoms with Crippen molar-refractivity contribution in [2.45, 2.75) is 39.3 Å². The summed E-state index contributed by atoms with van der Waals surface area (Å²) in [7, 11) is -3.23. The predicted octanol–water partition coefficient (Wildman–Crippen LogP) is 3.29. The molecule has 1 aromatic heterocycles. The van der Waals surface area contributed by atoms with Gasteiger partial charge in [-0.1, -0.05) is 43.0 Å². The highest BCUT2D eigenvalue weighted by Gasteiger charge is 2.42. The van der Waals surface area contributed by atoms with Gasteiger partial charge in [0, 0.05) is 38.3 Å². The van der Waals surface area contributed by atoms with E-state index < -0.39 is 15.9 Å². The number of aromatic nitrogens is 1. The van der Waals surface area contributed by atoms with Crippen molar-refractivity contribution in [3.63, 3.8) is 0 Å². The van der Waals surface area contributed by atoms with Crippen LogP contribution >= 0.6 is 24.0 Å². The topological polar surface area (TPSA) is 107 Å². The predicted molar refractivity (Wildman–Crippen MR) is 163 cm³/mol. The summed E-state index contributed by atoms with van der Waals surface area (Å²) in [6, 6.07) is 8.16. The van der Waals surface area contributed by atoms with Crippen LogP contribution in [-0.2, 0) is 21.2 Å². The van der Waals surface area contributed by atoms with Crippen molar-refractivity contribution < 1.29 is 17.6 Å². The fourth-order valence-electron chi connectivity index (χ4n) is 5.69. The highest BCUT2D eigenvalue weighted by Crippen LogP contribution is 2.38. The lowest BCUT2D eigenvalue weighted by atomic mass is 10.0. The Labute approximate surface area is 248 Å². The van der Waals surface area contributed by atoms with E-state index in [4.69, 9.17) is 12.2 Å². The van der Waals surface area contributed by atoms with Gasteiger partial charge in [0.05, 0.1) is 28.1 Å². The molecule has 0 aliphatic carbocycles. The highest BCUT2D eigenvalue weighted by molar-refractivity contribution is 8.26. The van der Waals surface area contributed by atoms with E-state index in [1.807, 2.05) is 17.9 Å². The van der Waals surface area contributed by atoms with Crippen LogP contribution in [0.25, 0.3) is 6.08 Å². The number of para-hydroxylation sites is 1. The molecule has 0 bridgehead atoms. The van der Waals surface area contributed by atoms with Crippen LogP contribution in [0.5, 0.6) is 0 Å². The molecule has 3 aliphatic rings. The van der Waals surface area contributed by atoms with Crippen molar-refractivity contribution >= 4 is 61.6 Å². The summed E-state index contributed by atoms with van der Waals surface area (Å²) >= 11 is 6.60. The molecule has 4 heterocycles. The van der Waals surface area contributed by atoms with Crippen LogP contribution < -0.4 is 15.4 Å². The zero-order chi connectivity index (χ0) is 29.5. The van der Waals surface area contributed by atoms with E-state index in [9.17, 15) is 27.7 Å². The van der Waals surface area contributed by atoms with Crippen molar-refractivity contribution in [1.82, 2.24) is 9.47 Å². The summed E-state index contributed by atoms with van der Waals surface area (Å²) in [5, 5.41) is 9.90. The maximum atomic E-state index is 14.5. The summed E-state index contributed by atoms with van der Waals surface area (Å²) in [4.78, 5) is 32.7. The summed E-state index contributed by atoms with van der Waals surface area (Å²) in [6.07, 6.45) is 2.66. The number of thiocarbonyl (C=S) groups is 1. The van der Waals surface area contributed by atoms with Gasteiger partial charge in [-0.15, -0.1) is 0 Å². The third-order valence-corrected chi connectivity index (χ3v) is 10.8. The van der Waals surface area contributed by atoms with E-state index in [2.05, 4.69) is 4.90 Å². The zero-order valence-electron chi connectivity index (χ0n) is 22.8. The molecule has 0 saturated carbocycles. The summed E-state index contributed by atoms with van der Waals surface area (Å²) in [6.45, 7) is 6.02. The molecule has 3 aliphatic heterocycles. The number of pyridine rings is 1. The number of hydrogen-bond donors (Lipinski definition) is 0. The second-order valence-electron chi connectivity index (χ2n) is 10.3. The molecule has 0 spiro atoms. The number of piperazine rings is 1. The number of halogens is 1. The second-order valence-corrected chi connectivity index (χ2v) is 14.2. The Morgan fingerprint density at radius 2 is 1.85 bits per heavy atom. The van der Waals surface area contributed by atoms with Gasteiger partial charge in [0.15, 0.2) is 9.84 Å². The van der Waals surface area contributed by atoms with Crippen LogP contribution in [-0.4, -0.2) is 71.8 Å². The minimum atomic E-state index is -3.23. The number of rotatable bonds is 6. The Morgan fingerprint density at radius 1 is 1.17 bits per heavy atom. The molecule has 1 aromatic carbocycles. The van der Waals surface area contributed by atoms with E-state index in [0.29, 0.717) is 77.4 Å². The maximum Gasteiger partial charge on any atom is 0.270 e. The molecular weight excluding hydrogens is 586 g/mol. The van der Waals surface area contributed by atoms with Gasteiger partial charge >= 0.3 is 0 Å². The van der Waals surface area contributed by atoms with E-state index in [1.165, 1.54) is 11.0 Å². The molecule has 216 valence electrons. The number of hydrogen-bond acceptors (Lipinski definition) is 9. The van der Waals surface area contributed by atoms with Gasteiger partial charge in [-0.05, 0) is 43.5 Å². The van der Waals surface area contributed by atoms with E-state index >= 15 is 0 Å². The summed E-state index contributed by atoms with van der Waals surface area (Å²) in [5.41, 5.74) is 1.18. The molecule has 1 amide bonds. The molecule has 0 N–H and O–H groups in total. The second kappa shape index (κ2) is 11.6. The number of nitrogens with zero attached hydrogens (tertiary/aromatic N) is 5. The highest BCUT2D eigenvalue weighted by atomic mass is 32.2. The molecule has 1 unspecified atom stereocenters. The third kappa shape index (κ3) is 5.52. The Hall–Kier alpha value is -3.21. The average molecular weight is 616 g/mol. The molecule has 3 saturated heterocycles. The molecule has 13 heteroatoms. The molecule has 3 fully saturated rings. The number of sulfone groups is 1. The fourth-order valence-corrected chi connectivity index (χ4v) is 8.77. The van der Waals surface area contributed by atoms with Crippen molar-refractivity contribution in [2.24, 2.45) is 0 Å². The lowest BCUT2D eigenvalue weighted by Crippen LogP contribution is -2.49. The first-order valence-corrected chi connectivity index (χ1v) is 16.5. The van der Waals surface area contributed by atoms with Gasteiger partial charge in [-0.25, -0.2) is 12.8 Å². The monoisotopic (exact) mass is 615 g/mol. The SMILES string of the molecule is CCCn1c(N2CCN(c3ccccc3F)CC2)c(/C=C2/SC(=S)N(C3CCS(=O)(=O)C3)C2=O)c(C)c(C#N)c1=O. The van der Waals surface area contributed by atoms with Gasteiger partial charge < -0.3 is 9.80 Å². The lowest BCUT2D eigenvalue weighted by molar-refractivity contribution is -0.123. The largest absolute Gasteiger partial charge is 0.366 e. The van der Waals surface area contributed by atoms with Crippen molar-refractivity contribution in [3.8, 4) is 6.07 Å². The third-order valence-electron chi connectivity index (χ3n) is 7.74. The standard InChI is InChI=1S/C28H30FN5O4S3/c1-3-9-33-25(32-12-10-31(11-13-32)23-7-5-4-6-22(23)29)20(18(2)21(16-30)26(33)35)15-24-27(36)34(28(39)40-24)19-8-14-41(37,38)17-19/h4-7,15,19H,3,8-14,17H2,1-2H3/b24-15+. The normalized spacial score (nSPS) is 21.7. The Kier molecular flexibility index (Phi) is 8.27. The Bertz CT molecular complexity index is 1660. The fraction of sp³-hybridized carbons (Fsp3) is 0.429. The van der Waals surface area contributed by atoms with E-state index in [-0.39, 0.29) is 34.4 Å². The Morgan fingerprint density at radius 3 is 2.46 bits per heavy atom. The van der Waals surface area contributed by atoms with Crippen molar-refractivity contribution in [1.29, 1.82) is 5.26 Å². The molecule has 9 nitrogen and oxygen atoms in total. The first-order valence-electron chi connectivity index (χ1n) is 13.5. The van der Waals surface area contributed by atoms with E-state index in [0.717, 1.165) is 11.8 Å². The first kappa shape index (κ1) is 29.3. The molecule has 41 heavy (non-hydrogen) atoms. The molecule has 2 aromatic rings. The average Bonchev–Trinajstić information content (AvgIpc) is 3.44. The minimum Gasteiger partial charge on any atom is -0.366 e. The zero-order valence-corrected chi connectivity index (χ0v) is 25.2. The van der Waals surface area contributed by atoms with Crippen LogP contribution in [0, 0.1) is 24.1 Å². The number of benzene rings is 1. The quantitative estimate of drug-likeness (QED) is 0.358. The number of thioether (sulfide) groups is 1. The van der Waals surface area contributed by atoms with E-state index in [1.54, 1.807) is 35.8 Å². The van der Waals surface area contributed by atoms with Crippen molar-refractivity contribution in [3.05, 3.63) is 62.0 Å². The van der Waals surface area contributed by atoms with Crippen LogP contribution in [0.4, 0.5) is 15.9 Å². The smallest absolute Gasteiger partial charge is 0.270 e. The lowest BCUT2D eigenvalue weighted by Gasteiger charge is -2.39. The van der Waals surface area contributed by atoms with Gasteiger partial charge in [0.1, 0.15) is 27.6 Å². The summed E-state index contributed by atoms with van der Waals surface area (Å²) in [5.74, 6) is -0.165. The number of anilines is 2. The molecule has 0 radical (unpaired) electrons. The Balaban J connectivity index is 1.55. The maximum absolute atomic E-state index is 14.5.